The van der Waals surface area contributed by atoms with Crippen LogP contribution in [-0.4, -0.2) is 33.2 Å². The van der Waals surface area contributed by atoms with Crippen molar-refractivity contribution in [1.29, 1.82) is 0 Å². The minimum absolute atomic E-state index is 0.0715. The number of rotatable bonds is 4. The SMILES string of the molecule is CCOC(=O)c1cnc2n(c1=O)[C@@H](C)CC[C@H]2CC(=O)O. The number of carboxylic acid groups (broad SMARTS) is 1. The number of esters is 1. The molecule has 0 radical (unpaired) electrons. The summed E-state index contributed by atoms with van der Waals surface area (Å²) in [6, 6.07) is -0.112. The third kappa shape index (κ3) is 2.96. The van der Waals surface area contributed by atoms with Crippen LogP contribution in [0.3, 0.4) is 0 Å². The van der Waals surface area contributed by atoms with Crippen molar-refractivity contribution in [2.75, 3.05) is 6.61 Å². The minimum Gasteiger partial charge on any atom is -0.481 e. The topological polar surface area (TPSA) is 98.5 Å². The maximum Gasteiger partial charge on any atom is 0.345 e. The Morgan fingerprint density at radius 3 is 2.81 bits per heavy atom. The normalized spacial score (nSPS) is 20.7. The molecule has 0 unspecified atom stereocenters. The summed E-state index contributed by atoms with van der Waals surface area (Å²) < 4.78 is 6.27. The van der Waals surface area contributed by atoms with E-state index in [9.17, 15) is 14.4 Å². The molecule has 0 aromatic carbocycles. The van der Waals surface area contributed by atoms with E-state index in [-0.39, 0.29) is 30.6 Å². The van der Waals surface area contributed by atoms with Crippen LogP contribution in [0.25, 0.3) is 0 Å². The Labute approximate surface area is 121 Å². The summed E-state index contributed by atoms with van der Waals surface area (Å²) in [4.78, 5) is 39.3. The van der Waals surface area contributed by atoms with Gasteiger partial charge in [0.1, 0.15) is 11.4 Å². The van der Waals surface area contributed by atoms with Crippen molar-refractivity contribution in [2.45, 2.75) is 45.1 Å². The molecule has 1 aromatic heterocycles. The van der Waals surface area contributed by atoms with E-state index in [0.29, 0.717) is 18.7 Å². The molecular formula is C14H18N2O5. The van der Waals surface area contributed by atoms with E-state index in [2.05, 4.69) is 4.98 Å². The predicted molar refractivity (Wildman–Crippen MR) is 73.4 cm³/mol. The minimum atomic E-state index is -0.926. The van der Waals surface area contributed by atoms with E-state index >= 15 is 0 Å². The lowest BCUT2D eigenvalue weighted by Gasteiger charge is -2.29. The Balaban J connectivity index is 2.48. The Hall–Kier alpha value is -2.18. The summed E-state index contributed by atoms with van der Waals surface area (Å²) in [7, 11) is 0. The number of carboxylic acids is 1. The summed E-state index contributed by atoms with van der Waals surface area (Å²) >= 11 is 0. The number of aromatic nitrogens is 2. The van der Waals surface area contributed by atoms with Crippen LogP contribution in [0.2, 0.25) is 0 Å². The predicted octanol–water partition coefficient (Wildman–Crippen LogP) is 1.33. The second-order valence-electron chi connectivity index (χ2n) is 5.15. The van der Waals surface area contributed by atoms with Gasteiger partial charge in [-0.2, -0.15) is 0 Å². The lowest BCUT2D eigenvalue weighted by molar-refractivity contribution is -0.137. The van der Waals surface area contributed by atoms with Crippen molar-refractivity contribution in [2.24, 2.45) is 0 Å². The van der Waals surface area contributed by atoms with Crippen molar-refractivity contribution in [3.05, 3.63) is 27.9 Å². The monoisotopic (exact) mass is 294 g/mol. The molecule has 2 heterocycles. The summed E-state index contributed by atoms with van der Waals surface area (Å²) in [6.07, 6.45) is 2.47. The lowest BCUT2D eigenvalue weighted by Crippen LogP contribution is -2.36. The van der Waals surface area contributed by atoms with Crippen LogP contribution in [0.15, 0.2) is 11.0 Å². The average molecular weight is 294 g/mol. The fourth-order valence-corrected chi connectivity index (χ4v) is 2.66. The average Bonchev–Trinajstić information content (AvgIpc) is 2.41. The molecule has 0 saturated carbocycles. The molecule has 21 heavy (non-hydrogen) atoms. The Kier molecular flexibility index (Phi) is 4.40. The van der Waals surface area contributed by atoms with Gasteiger partial charge in [-0.3, -0.25) is 14.2 Å². The molecule has 0 fully saturated rings. The van der Waals surface area contributed by atoms with E-state index in [1.165, 1.54) is 10.8 Å². The Morgan fingerprint density at radius 1 is 1.48 bits per heavy atom. The van der Waals surface area contributed by atoms with Crippen LogP contribution in [0, 0.1) is 0 Å². The zero-order chi connectivity index (χ0) is 15.6. The fraction of sp³-hybridized carbons (Fsp3) is 0.571. The van der Waals surface area contributed by atoms with Gasteiger partial charge in [-0.25, -0.2) is 9.78 Å². The van der Waals surface area contributed by atoms with Crippen molar-refractivity contribution in [3.8, 4) is 0 Å². The van der Waals surface area contributed by atoms with Crippen LogP contribution in [-0.2, 0) is 9.53 Å². The summed E-state index contributed by atoms with van der Waals surface area (Å²) in [5.74, 6) is -1.49. The first-order valence-corrected chi connectivity index (χ1v) is 6.96. The molecule has 0 aliphatic carbocycles. The van der Waals surface area contributed by atoms with E-state index in [4.69, 9.17) is 9.84 Å². The van der Waals surface area contributed by atoms with Crippen molar-refractivity contribution in [3.63, 3.8) is 0 Å². The molecule has 0 amide bonds. The van der Waals surface area contributed by atoms with Gasteiger partial charge in [-0.15, -0.1) is 0 Å². The van der Waals surface area contributed by atoms with Crippen LogP contribution >= 0.6 is 0 Å². The lowest BCUT2D eigenvalue weighted by atomic mass is 9.91. The quantitative estimate of drug-likeness (QED) is 0.841. The van der Waals surface area contributed by atoms with Crippen LogP contribution in [0.1, 0.15) is 61.3 Å². The summed E-state index contributed by atoms with van der Waals surface area (Å²) in [5.41, 5.74) is -0.565. The zero-order valence-electron chi connectivity index (χ0n) is 12.0. The highest BCUT2D eigenvalue weighted by molar-refractivity contribution is 5.88. The van der Waals surface area contributed by atoms with Crippen LogP contribution in [0.5, 0.6) is 0 Å². The highest BCUT2D eigenvalue weighted by Crippen LogP contribution is 2.32. The standard InChI is InChI=1S/C14H18N2O5/c1-3-21-14(20)10-7-15-12-9(6-11(17)18)5-4-8(2)16(12)13(10)19/h7-9H,3-6H2,1-2H3,(H,17,18)/t8-,9-/m0/s1. The number of fused-ring (bicyclic) bond motifs is 1. The highest BCUT2D eigenvalue weighted by Gasteiger charge is 2.30. The van der Waals surface area contributed by atoms with Gasteiger partial charge in [0.25, 0.3) is 5.56 Å². The molecule has 2 atom stereocenters. The molecular weight excluding hydrogens is 276 g/mol. The molecule has 7 heteroatoms. The van der Waals surface area contributed by atoms with E-state index in [1.54, 1.807) is 6.92 Å². The van der Waals surface area contributed by atoms with Gasteiger partial charge in [0, 0.05) is 18.2 Å². The fourth-order valence-electron chi connectivity index (χ4n) is 2.66. The second-order valence-corrected chi connectivity index (χ2v) is 5.15. The molecule has 7 nitrogen and oxygen atoms in total. The summed E-state index contributed by atoms with van der Waals surface area (Å²) in [5, 5.41) is 8.95. The molecule has 0 bridgehead atoms. The highest BCUT2D eigenvalue weighted by atomic mass is 16.5. The van der Waals surface area contributed by atoms with Crippen molar-refractivity contribution in [1.82, 2.24) is 9.55 Å². The first-order chi connectivity index (χ1) is 9.95. The third-order valence-corrected chi connectivity index (χ3v) is 3.68. The van der Waals surface area contributed by atoms with Crippen molar-refractivity contribution >= 4 is 11.9 Å². The number of carbonyl (C=O) groups excluding carboxylic acids is 1. The number of aliphatic carboxylic acids is 1. The van der Waals surface area contributed by atoms with Crippen molar-refractivity contribution < 1.29 is 19.4 Å². The zero-order valence-corrected chi connectivity index (χ0v) is 12.0. The molecule has 2 rings (SSSR count). The van der Waals surface area contributed by atoms with Crippen LogP contribution in [0.4, 0.5) is 0 Å². The number of hydrogen-bond donors (Lipinski definition) is 1. The second kappa shape index (κ2) is 6.07. The van der Waals surface area contributed by atoms with Gasteiger partial charge in [0.05, 0.1) is 13.0 Å². The first kappa shape index (κ1) is 15.2. The number of nitrogens with zero attached hydrogens (tertiary/aromatic N) is 2. The first-order valence-electron chi connectivity index (χ1n) is 6.96. The Morgan fingerprint density at radius 2 is 2.19 bits per heavy atom. The maximum absolute atomic E-state index is 12.4. The smallest absolute Gasteiger partial charge is 0.345 e. The van der Waals surface area contributed by atoms with Gasteiger partial charge < -0.3 is 9.84 Å². The van der Waals surface area contributed by atoms with E-state index in [1.807, 2.05) is 6.92 Å². The molecule has 1 aliphatic rings. The van der Waals surface area contributed by atoms with Gasteiger partial charge in [0.15, 0.2) is 0 Å². The maximum atomic E-state index is 12.4. The number of ether oxygens (including phenoxy) is 1. The van der Waals surface area contributed by atoms with Gasteiger partial charge in [-0.05, 0) is 26.7 Å². The largest absolute Gasteiger partial charge is 0.481 e. The van der Waals surface area contributed by atoms with Gasteiger partial charge in [-0.1, -0.05) is 0 Å². The van der Waals surface area contributed by atoms with Gasteiger partial charge >= 0.3 is 11.9 Å². The molecule has 1 aliphatic heterocycles. The number of hydrogen-bond acceptors (Lipinski definition) is 5. The molecule has 1 N–H and O–H groups in total. The van der Waals surface area contributed by atoms with Crippen LogP contribution < -0.4 is 5.56 Å². The van der Waals surface area contributed by atoms with E-state index < -0.39 is 17.5 Å². The third-order valence-electron chi connectivity index (χ3n) is 3.68. The molecule has 114 valence electrons. The summed E-state index contributed by atoms with van der Waals surface area (Å²) in [6.45, 7) is 3.70. The molecule has 0 spiro atoms. The number of carbonyl (C=O) groups is 2. The Bertz CT molecular complexity index is 622. The molecule has 0 saturated heterocycles. The van der Waals surface area contributed by atoms with Gasteiger partial charge in [0.2, 0.25) is 0 Å². The van der Waals surface area contributed by atoms with E-state index in [0.717, 1.165) is 0 Å². The molecule has 1 aromatic rings.